The minimum absolute atomic E-state index is 0.232. The van der Waals surface area contributed by atoms with Crippen molar-refractivity contribution < 1.29 is 13.2 Å². The van der Waals surface area contributed by atoms with Gasteiger partial charge in [-0.2, -0.15) is 9.40 Å². The van der Waals surface area contributed by atoms with E-state index in [2.05, 4.69) is 10.1 Å². The highest BCUT2D eigenvalue weighted by Gasteiger charge is 2.45. The van der Waals surface area contributed by atoms with Gasteiger partial charge in [0.25, 0.3) is 0 Å². The van der Waals surface area contributed by atoms with Crippen LogP contribution in [-0.4, -0.2) is 52.5 Å². The van der Waals surface area contributed by atoms with E-state index in [1.807, 2.05) is 30.3 Å². The van der Waals surface area contributed by atoms with Crippen molar-refractivity contribution in [1.29, 1.82) is 0 Å². The first kappa shape index (κ1) is 15.7. The van der Waals surface area contributed by atoms with Crippen LogP contribution >= 0.6 is 0 Å². The summed E-state index contributed by atoms with van der Waals surface area (Å²) in [7, 11) is -3.27. The first-order chi connectivity index (χ1) is 11.6. The molecule has 2 aliphatic rings. The van der Waals surface area contributed by atoms with Crippen molar-refractivity contribution in [2.45, 2.75) is 30.7 Å². The molecular weight excluding hydrogens is 328 g/mol. The maximum absolute atomic E-state index is 12.6. The van der Waals surface area contributed by atoms with E-state index in [0.29, 0.717) is 32.1 Å². The van der Waals surface area contributed by atoms with Crippen molar-refractivity contribution in [3.05, 3.63) is 48.0 Å². The zero-order valence-corrected chi connectivity index (χ0v) is 14.1. The van der Waals surface area contributed by atoms with Gasteiger partial charge >= 0.3 is 0 Å². The van der Waals surface area contributed by atoms with E-state index in [9.17, 15) is 8.42 Å². The predicted octanol–water partition coefficient (Wildman–Crippen LogP) is 1.19. The Bertz CT molecular complexity index is 802. The van der Waals surface area contributed by atoms with Gasteiger partial charge in [0.1, 0.15) is 12.4 Å². The van der Waals surface area contributed by atoms with Crippen LogP contribution in [0.5, 0.6) is 0 Å². The normalized spacial score (nSPS) is 22.6. The van der Waals surface area contributed by atoms with E-state index >= 15 is 0 Å². The van der Waals surface area contributed by atoms with Crippen molar-refractivity contribution in [1.82, 2.24) is 19.1 Å². The Morgan fingerprint density at radius 3 is 2.75 bits per heavy atom. The third-order valence-corrected chi connectivity index (χ3v) is 6.80. The van der Waals surface area contributed by atoms with E-state index in [1.54, 1.807) is 11.0 Å². The number of rotatable bonds is 5. The number of morpholine rings is 1. The maximum Gasteiger partial charge on any atom is 0.217 e. The van der Waals surface area contributed by atoms with E-state index in [1.165, 1.54) is 4.31 Å². The molecule has 2 aromatic rings. The summed E-state index contributed by atoms with van der Waals surface area (Å²) in [5, 5.41) is 4.26. The molecule has 0 N–H and O–H groups in total. The summed E-state index contributed by atoms with van der Waals surface area (Å²) in [4.78, 5) is 4.35. The van der Waals surface area contributed by atoms with E-state index < -0.39 is 16.1 Å². The van der Waals surface area contributed by atoms with Crippen LogP contribution in [0.1, 0.15) is 30.3 Å². The number of benzene rings is 1. The fourth-order valence-electron chi connectivity index (χ4n) is 2.96. The van der Waals surface area contributed by atoms with Gasteiger partial charge in [0.15, 0.2) is 5.82 Å². The Morgan fingerprint density at radius 1 is 1.21 bits per heavy atom. The molecule has 0 spiro atoms. The highest BCUT2D eigenvalue weighted by molar-refractivity contribution is 7.90. The number of hydrogen-bond donors (Lipinski definition) is 0. The molecule has 128 valence electrons. The van der Waals surface area contributed by atoms with E-state index in [-0.39, 0.29) is 5.25 Å². The summed E-state index contributed by atoms with van der Waals surface area (Å²) in [6, 6.07) is 9.54. The molecule has 7 nitrogen and oxygen atoms in total. The molecule has 2 heterocycles. The third-order valence-electron chi connectivity index (χ3n) is 4.39. The molecule has 1 aromatic heterocycles. The Balaban J connectivity index is 1.55. The molecule has 2 fully saturated rings. The van der Waals surface area contributed by atoms with Gasteiger partial charge in [-0.3, -0.25) is 0 Å². The number of hydrogen-bond acceptors (Lipinski definition) is 5. The maximum atomic E-state index is 12.6. The van der Waals surface area contributed by atoms with Gasteiger partial charge in [0.2, 0.25) is 10.0 Å². The van der Waals surface area contributed by atoms with E-state index in [0.717, 1.165) is 18.4 Å². The first-order valence-electron chi connectivity index (χ1n) is 8.16. The van der Waals surface area contributed by atoms with Crippen LogP contribution in [0.2, 0.25) is 0 Å². The van der Waals surface area contributed by atoms with Crippen LogP contribution in [0.4, 0.5) is 0 Å². The molecular formula is C16H20N4O3S. The molecule has 1 aliphatic heterocycles. The molecule has 1 unspecified atom stereocenters. The van der Waals surface area contributed by atoms with Gasteiger partial charge in [0, 0.05) is 6.54 Å². The average Bonchev–Trinajstić information content (AvgIpc) is 3.37. The van der Waals surface area contributed by atoms with E-state index in [4.69, 9.17) is 4.74 Å². The monoisotopic (exact) mass is 348 g/mol. The summed E-state index contributed by atoms with van der Waals surface area (Å²) >= 11 is 0. The zero-order valence-electron chi connectivity index (χ0n) is 13.3. The van der Waals surface area contributed by atoms with Gasteiger partial charge in [-0.25, -0.2) is 18.1 Å². The minimum Gasteiger partial charge on any atom is -0.378 e. The molecule has 1 aromatic carbocycles. The second-order valence-corrected chi connectivity index (χ2v) is 8.40. The summed E-state index contributed by atoms with van der Waals surface area (Å²) < 4.78 is 34.0. The van der Waals surface area contributed by atoms with Gasteiger partial charge in [-0.1, -0.05) is 30.3 Å². The lowest BCUT2D eigenvalue weighted by Gasteiger charge is -2.32. The first-order valence-corrected chi connectivity index (χ1v) is 9.66. The van der Waals surface area contributed by atoms with Gasteiger partial charge in [-0.05, 0) is 18.4 Å². The second-order valence-electron chi connectivity index (χ2n) is 6.23. The van der Waals surface area contributed by atoms with Gasteiger partial charge in [0.05, 0.1) is 25.0 Å². The number of sulfonamides is 1. The smallest absolute Gasteiger partial charge is 0.217 e. The molecule has 8 heteroatoms. The van der Waals surface area contributed by atoms with Crippen LogP contribution in [0, 0.1) is 0 Å². The lowest BCUT2D eigenvalue weighted by Crippen LogP contribution is -2.45. The molecule has 1 atom stereocenters. The van der Waals surface area contributed by atoms with Crippen LogP contribution in [0.3, 0.4) is 0 Å². The zero-order chi connectivity index (χ0) is 16.6. The van der Waals surface area contributed by atoms with Crippen LogP contribution in [-0.2, 0) is 21.3 Å². The van der Waals surface area contributed by atoms with Crippen LogP contribution < -0.4 is 0 Å². The molecule has 0 radical (unpaired) electrons. The van der Waals surface area contributed by atoms with Gasteiger partial charge in [-0.15, -0.1) is 0 Å². The lowest BCUT2D eigenvalue weighted by atomic mass is 10.2. The quantitative estimate of drug-likeness (QED) is 0.811. The Hall–Kier alpha value is -1.77. The number of ether oxygens (including phenoxy) is 1. The Labute approximate surface area is 141 Å². The lowest BCUT2D eigenvalue weighted by molar-refractivity contribution is 0.0288. The van der Waals surface area contributed by atoms with Gasteiger partial charge < -0.3 is 4.74 Å². The average molecular weight is 348 g/mol. The molecule has 1 saturated heterocycles. The standard InChI is InChI=1S/C16H20N4O3S/c21-24(22,14-6-7-14)20-8-9-23-11-15(20)16-17-12-19(18-16)10-13-4-2-1-3-5-13/h1-5,12,14-15H,6-11H2. The van der Waals surface area contributed by atoms with Crippen molar-refractivity contribution >= 4 is 10.0 Å². The second kappa shape index (κ2) is 6.27. The summed E-state index contributed by atoms with van der Waals surface area (Å²) in [6.07, 6.45) is 3.16. The summed E-state index contributed by atoms with van der Waals surface area (Å²) in [6.45, 7) is 1.71. The SMILES string of the molecule is O=S(=O)(C1CC1)N1CCOCC1c1ncn(Cc2ccccc2)n1. The minimum atomic E-state index is -3.27. The largest absolute Gasteiger partial charge is 0.378 e. The number of aromatic nitrogens is 3. The highest BCUT2D eigenvalue weighted by atomic mass is 32.2. The van der Waals surface area contributed by atoms with Crippen LogP contribution in [0.15, 0.2) is 36.7 Å². The fourth-order valence-corrected chi connectivity index (χ4v) is 4.92. The molecule has 1 aliphatic carbocycles. The predicted molar refractivity (Wildman–Crippen MR) is 87.8 cm³/mol. The van der Waals surface area contributed by atoms with Crippen molar-refractivity contribution in [2.24, 2.45) is 0 Å². The summed E-state index contributed by atoms with van der Waals surface area (Å²) in [5.74, 6) is 0.509. The highest BCUT2D eigenvalue weighted by Crippen LogP contribution is 2.35. The van der Waals surface area contributed by atoms with Crippen LogP contribution in [0.25, 0.3) is 0 Å². The molecule has 0 bridgehead atoms. The Kier molecular flexibility index (Phi) is 4.11. The van der Waals surface area contributed by atoms with Crippen molar-refractivity contribution in [3.8, 4) is 0 Å². The molecule has 0 amide bonds. The van der Waals surface area contributed by atoms with Crippen molar-refractivity contribution in [3.63, 3.8) is 0 Å². The molecule has 24 heavy (non-hydrogen) atoms. The topological polar surface area (TPSA) is 77.3 Å². The Morgan fingerprint density at radius 2 is 2.00 bits per heavy atom. The molecule has 1 saturated carbocycles. The third kappa shape index (κ3) is 3.09. The summed E-state index contributed by atoms with van der Waals surface area (Å²) in [5.41, 5.74) is 1.12. The number of nitrogens with zero attached hydrogens (tertiary/aromatic N) is 4. The molecule has 4 rings (SSSR count). The fraction of sp³-hybridized carbons (Fsp3) is 0.500. The van der Waals surface area contributed by atoms with Crippen molar-refractivity contribution in [2.75, 3.05) is 19.8 Å².